The van der Waals surface area contributed by atoms with Gasteiger partial charge in [-0.15, -0.1) is 0 Å². The van der Waals surface area contributed by atoms with Gasteiger partial charge >= 0.3 is 0 Å². The lowest BCUT2D eigenvalue weighted by Crippen LogP contribution is -2.14. The number of allylic oxidation sites excluding steroid dienone is 2. The van der Waals surface area contributed by atoms with E-state index in [0.717, 1.165) is 12.5 Å². The van der Waals surface area contributed by atoms with Crippen LogP contribution >= 0.6 is 0 Å². The Morgan fingerprint density at radius 2 is 2.18 bits per heavy atom. The smallest absolute Gasteiger partial charge is 0.00488 e. The van der Waals surface area contributed by atoms with Crippen LogP contribution < -0.4 is 5.32 Å². The Bertz CT molecular complexity index is 97.0. The molecule has 0 aliphatic heterocycles. The zero-order valence-corrected chi connectivity index (χ0v) is 8.06. The van der Waals surface area contributed by atoms with E-state index in [-0.39, 0.29) is 0 Å². The molecule has 1 nitrogen and oxygen atoms in total. The minimum Gasteiger partial charge on any atom is -0.317 e. The molecule has 1 unspecified atom stereocenters. The Morgan fingerprint density at radius 3 is 2.73 bits per heavy atom. The van der Waals surface area contributed by atoms with Gasteiger partial charge in [0.25, 0.3) is 0 Å². The SMILES string of the molecule is C/C=C\C(C)CCCNCC. The average molecular weight is 155 g/mol. The van der Waals surface area contributed by atoms with E-state index in [4.69, 9.17) is 0 Å². The quantitative estimate of drug-likeness (QED) is 0.459. The fourth-order valence-corrected chi connectivity index (χ4v) is 1.15. The monoisotopic (exact) mass is 155 g/mol. The molecule has 0 radical (unpaired) electrons. The highest BCUT2D eigenvalue weighted by Crippen LogP contribution is 2.05. The van der Waals surface area contributed by atoms with Crippen molar-refractivity contribution in [3.05, 3.63) is 12.2 Å². The maximum atomic E-state index is 3.32. The highest BCUT2D eigenvalue weighted by molar-refractivity contribution is 4.82. The minimum absolute atomic E-state index is 0.749. The summed E-state index contributed by atoms with van der Waals surface area (Å²) in [6, 6.07) is 0. The van der Waals surface area contributed by atoms with Crippen molar-refractivity contribution in [2.75, 3.05) is 13.1 Å². The van der Waals surface area contributed by atoms with Crippen LogP contribution in [-0.4, -0.2) is 13.1 Å². The Labute approximate surface area is 70.9 Å². The molecular weight excluding hydrogens is 134 g/mol. The Balaban J connectivity index is 3.10. The first-order valence-corrected chi connectivity index (χ1v) is 4.64. The van der Waals surface area contributed by atoms with Gasteiger partial charge in [0.15, 0.2) is 0 Å². The molecule has 11 heavy (non-hydrogen) atoms. The Kier molecular flexibility index (Phi) is 7.59. The van der Waals surface area contributed by atoms with Crippen LogP contribution in [0.1, 0.15) is 33.6 Å². The lowest BCUT2D eigenvalue weighted by atomic mass is 10.1. The summed E-state index contributed by atoms with van der Waals surface area (Å²) >= 11 is 0. The van der Waals surface area contributed by atoms with Gasteiger partial charge in [-0.1, -0.05) is 26.0 Å². The van der Waals surface area contributed by atoms with Crippen LogP contribution in [0.3, 0.4) is 0 Å². The normalized spacial score (nSPS) is 14.1. The maximum Gasteiger partial charge on any atom is -0.00488 e. The summed E-state index contributed by atoms with van der Waals surface area (Å²) in [5.74, 6) is 0.749. The van der Waals surface area contributed by atoms with Gasteiger partial charge in [0.2, 0.25) is 0 Å². The summed E-state index contributed by atoms with van der Waals surface area (Å²) in [7, 11) is 0. The molecule has 0 spiro atoms. The highest BCUT2D eigenvalue weighted by atomic mass is 14.8. The Morgan fingerprint density at radius 1 is 1.45 bits per heavy atom. The third kappa shape index (κ3) is 7.60. The fraction of sp³-hybridized carbons (Fsp3) is 0.800. The van der Waals surface area contributed by atoms with Crippen molar-refractivity contribution in [3.8, 4) is 0 Å². The highest BCUT2D eigenvalue weighted by Gasteiger charge is 1.94. The van der Waals surface area contributed by atoms with E-state index in [0.29, 0.717) is 0 Å². The van der Waals surface area contributed by atoms with Crippen LogP contribution in [-0.2, 0) is 0 Å². The molecule has 1 atom stereocenters. The molecule has 0 rings (SSSR count). The zero-order chi connectivity index (χ0) is 8.53. The van der Waals surface area contributed by atoms with E-state index in [2.05, 4.69) is 38.2 Å². The molecule has 0 saturated heterocycles. The molecule has 0 bridgehead atoms. The van der Waals surface area contributed by atoms with E-state index in [1.54, 1.807) is 0 Å². The van der Waals surface area contributed by atoms with Gasteiger partial charge in [-0.05, 0) is 38.8 Å². The maximum absolute atomic E-state index is 3.32. The van der Waals surface area contributed by atoms with E-state index in [1.165, 1.54) is 19.4 Å². The molecule has 0 fully saturated rings. The molecule has 0 amide bonds. The van der Waals surface area contributed by atoms with Gasteiger partial charge in [-0.3, -0.25) is 0 Å². The van der Waals surface area contributed by atoms with Gasteiger partial charge in [-0.2, -0.15) is 0 Å². The van der Waals surface area contributed by atoms with Gasteiger partial charge in [0.1, 0.15) is 0 Å². The first kappa shape index (κ1) is 10.7. The third-order valence-electron chi connectivity index (χ3n) is 1.78. The van der Waals surface area contributed by atoms with E-state index in [9.17, 15) is 0 Å². The molecule has 0 saturated carbocycles. The largest absolute Gasteiger partial charge is 0.317 e. The van der Waals surface area contributed by atoms with Crippen molar-refractivity contribution in [2.24, 2.45) is 5.92 Å². The van der Waals surface area contributed by atoms with Crippen molar-refractivity contribution in [3.63, 3.8) is 0 Å². The van der Waals surface area contributed by atoms with Crippen molar-refractivity contribution in [1.82, 2.24) is 5.32 Å². The second-order valence-corrected chi connectivity index (χ2v) is 3.00. The third-order valence-corrected chi connectivity index (χ3v) is 1.78. The summed E-state index contributed by atoms with van der Waals surface area (Å²) in [6.45, 7) is 8.76. The molecule has 66 valence electrons. The summed E-state index contributed by atoms with van der Waals surface area (Å²) < 4.78 is 0. The summed E-state index contributed by atoms with van der Waals surface area (Å²) in [5.41, 5.74) is 0. The minimum atomic E-state index is 0.749. The summed E-state index contributed by atoms with van der Waals surface area (Å²) in [5, 5.41) is 3.32. The first-order valence-electron chi connectivity index (χ1n) is 4.64. The van der Waals surface area contributed by atoms with Crippen molar-refractivity contribution >= 4 is 0 Å². The average Bonchev–Trinajstić information content (AvgIpc) is 1.99. The Hall–Kier alpha value is -0.300. The van der Waals surface area contributed by atoms with Gasteiger partial charge in [-0.25, -0.2) is 0 Å². The van der Waals surface area contributed by atoms with E-state index in [1.807, 2.05) is 0 Å². The molecule has 0 aromatic heterocycles. The van der Waals surface area contributed by atoms with Gasteiger partial charge in [0, 0.05) is 0 Å². The second-order valence-electron chi connectivity index (χ2n) is 3.00. The summed E-state index contributed by atoms with van der Waals surface area (Å²) in [6.07, 6.45) is 7.00. The van der Waals surface area contributed by atoms with Crippen molar-refractivity contribution in [1.29, 1.82) is 0 Å². The predicted molar refractivity (Wildman–Crippen MR) is 51.8 cm³/mol. The number of rotatable bonds is 6. The van der Waals surface area contributed by atoms with E-state index < -0.39 is 0 Å². The standard InChI is InChI=1S/C10H21N/c1-4-7-10(3)8-6-9-11-5-2/h4,7,10-11H,5-6,8-9H2,1-3H3/b7-4-. The lowest BCUT2D eigenvalue weighted by molar-refractivity contribution is 0.570. The first-order chi connectivity index (χ1) is 5.31. The molecule has 0 aromatic carbocycles. The predicted octanol–water partition coefficient (Wildman–Crippen LogP) is 2.59. The van der Waals surface area contributed by atoms with Crippen LogP contribution in [0.2, 0.25) is 0 Å². The lowest BCUT2D eigenvalue weighted by Gasteiger charge is -2.05. The summed E-state index contributed by atoms with van der Waals surface area (Å²) in [4.78, 5) is 0. The number of hydrogen-bond acceptors (Lipinski definition) is 1. The molecular formula is C10H21N. The van der Waals surface area contributed by atoms with Gasteiger partial charge in [0.05, 0.1) is 0 Å². The number of nitrogens with one attached hydrogen (secondary N) is 1. The van der Waals surface area contributed by atoms with Crippen LogP contribution in [0.15, 0.2) is 12.2 Å². The topological polar surface area (TPSA) is 12.0 Å². The molecule has 1 heteroatoms. The number of hydrogen-bond donors (Lipinski definition) is 1. The molecule has 0 aliphatic carbocycles. The van der Waals surface area contributed by atoms with Crippen molar-refractivity contribution < 1.29 is 0 Å². The van der Waals surface area contributed by atoms with Crippen LogP contribution in [0.5, 0.6) is 0 Å². The molecule has 1 N–H and O–H groups in total. The van der Waals surface area contributed by atoms with Gasteiger partial charge < -0.3 is 5.32 Å². The van der Waals surface area contributed by atoms with Crippen LogP contribution in [0.4, 0.5) is 0 Å². The molecule has 0 aromatic rings. The molecule has 0 aliphatic rings. The fourth-order valence-electron chi connectivity index (χ4n) is 1.15. The van der Waals surface area contributed by atoms with Crippen molar-refractivity contribution in [2.45, 2.75) is 33.6 Å². The second kappa shape index (κ2) is 7.80. The zero-order valence-electron chi connectivity index (χ0n) is 8.06. The van der Waals surface area contributed by atoms with E-state index >= 15 is 0 Å². The van der Waals surface area contributed by atoms with Crippen LogP contribution in [0, 0.1) is 5.92 Å². The van der Waals surface area contributed by atoms with Crippen LogP contribution in [0.25, 0.3) is 0 Å². The molecule has 0 heterocycles.